The lowest BCUT2D eigenvalue weighted by Gasteiger charge is -2.31. The summed E-state index contributed by atoms with van der Waals surface area (Å²) in [5.74, 6) is -0.826. The van der Waals surface area contributed by atoms with Crippen molar-refractivity contribution in [3.05, 3.63) is 29.8 Å². The largest absolute Gasteiger partial charge is 0.418 e. The molecule has 2 rings (SSSR count). The molecule has 1 aliphatic heterocycles. The van der Waals surface area contributed by atoms with Crippen LogP contribution in [0.5, 0.6) is 0 Å². The quantitative estimate of drug-likeness (QED) is 0.902. The predicted molar refractivity (Wildman–Crippen MR) is 63.1 cm³/mol. The first-order chi connectivity index (χ1) is 9.36. The maximum Gasteiger partial charge on any atom is 0.418 e. The lowest BCUT2D eigenvalue weighted by atomic mass is 10.1. The van der Waals surface area contributed by atoms with E-state index in [1.807, 2.05) is 0 Å². The van der Waals surface area contributed by atoms with Crippen LogP contribution < -0.4 is 10.2 Å². The monoisotopic (exact) mass is 288 g/mol. The van der Waals surface area contributed by atoms with Crippen molar-refractivity contribution >= 4 is 17.6 Å². The van der Waals surface area contributed by atoms with Gasteiger partial charge in [0.1, 0.15) is 0 Å². The summed E-state index contributed by atoms with van der Waals surface area (Å²) in [7, 11) is 1.24. The Morgan fingerprint density at radius 2 is 1.95 bits per heavy atom. The van der Waals surface area contributed by atoms with Gasteiger partial charge in [-0.05, 0) is 12.1 Å². The van der Waals surface area contributed by atoms with Gasteiger partial charge in [0.2, 0.25) is 0 Å². The number of para-hydroxylation sites is 1. The molecule has 1 saturated heterocycles. The third-order valence-corrected chi connectivity index (χ3v) is 2.87. The highest BCUT2D eigenvalue weighted by Gasteiger charge is 2.41. The molecule has 0 radical (unpaired) electrons. The van der Waals surface area contributed by atoms with Gasteiger partial charge in [-0.25, -0.2) is 9.69 Å². The number of benzene rings is 1. The van der Waals surface area contributed by atoms with Crippen LogP contribution in [0.2, 0.25) is 0 Å². The molecule has 108 valence electrons. The second-order valence-corrected chi connectivity index (χ2v) is 4.10. The smallest absolute Gasteiger partial charge is 0.370 e. The number of carbonyl (C=O) groups excluding carboxylic acids is 2. The number of amides is 3. The molecule has 5 nitrogen and oxygen atoms in total. The minimum atomic E-state index is -4.67. The number of anilines is 1. The van der Waals surface area contributed by atoms with Crippen LogP contribution >= 0.6 is 0 Å². The fourth-order valence-electron chi connectivity index (χ4n) is 1.91. The highest BCUT2D eigenvalue weighted by Crippen LogP contribution is 2.37. The van der Waals surface area contributed by atoms with Crippen LogP contribution in [0.15, 0.2) is 24.3 Å². The lowest BCUT2D eigenvalue weighted by molar-refractivity contribution is -0.137. The summed E-state index contributed by atoms with van der Waals surface area (Å²) in [6.45, 7) is -0.0706. The topological polar surface area (TPSA) is 58.6 Å². The molecule has 1 aromatic rings. The summed E-state index contributed by atoms with van der Waals surface area (Å²) in [5.41, 5.74) is -1.57. The van der Waals surface area contributed by atoms with Gasteiger partial charge in [-0.3, -0.25) is 4.79 Å². The summed E-state index contributed by atoms with van der Waals surface area (Å²) < 4.78 is 43.6. The van der Waals surface area contributed by atoms with Crippen molar-refractivity contribution in [1.82, 2.24) is 5.32 Å². The number of hydrogen-bond acceptors (Lipinski definition) is 3. The Kier molecular flexibility index (Phi) is 3.67. The Balaban J connectivity index is 2.49. The van der Waals surface area contributed by atoms with E-state index in [1.54, 1.807) is 0 Å². The third-order valence-electron chi connectivity index (χ3n) is 2.87. The summed E-state index contributed by atoms with van der Waals surface area (Å²) in [6, 6.07) is 3.48. The van der Waals surface area contributed by atoms with E-state index in [0.717, 1.165) is 12.1 Å². The molecule has 20 heavy (non-hydrogen) atoms. The highest BCUT2D eigenvalue weighted by molar-refractivity contribution is 6.18. The van der Waals surface area contributed by atoms with Crippen molar-refractivity contribution in [2.24, 2.45) is 0 Å². The Bertz CT molecular complexity index is 545. The molecule has 1 heterocycles. The molecule has 1 aromatic carbocycles. The maximum absolute atomic E-state index is 12.9. The molecule has 1 fully saturated rings. The minimum absolute atomic E-state index is 0.0706. The zero-order valence-electron chi connectivity index (χ0n) is 10.4. The van der Waals surface area contributed by atoms with Crippen LogP contribution in [-0.2, 0) is 15.7 Å². The van der Waals surface area contributed by atoms with E-state index in [-0.39, 0.29) is 6.54 Å². The van der Waals surface area contributed by atoms with Crippen molar-refractivity contribution in [1.29, 1.82) is 0 Å². The van der Waals surface area contributed by atoms with E-state index >= 15 is 0 Å². The fraction of sp³-hybridized carbons (Fsp3) is 0.333. The van der Waals surface area contributed by atoms with Gasteiger partial charge in [0.05, 0.1) is 17.8 Å². The van der Waals surface area contributed by atoms with E-state index in [1.165, 1.54) is 19.2 Å². The van der Waals surface area contributed by atoms with E-state index in [4.69, 9.17) is 4.74 Å². The molecule has 8 heteroatoms. The first-order valence-corrected chi connectivity index (χ1v) is 5.67. The number of rotatable bonds is 2. The lowest BCUT2D eigenvalue weighted by Crippen LogP contribution is -2.58. The molecule has 1 aliphatic rings. The van der Waals surface area contributed by atoms with Crippen molar-refractivity contribution < 1.29 is 27.5 Å². The molecular formula is C12H11F3N2O3. The number of nitrogens with zero attached hydrogens (tertiary/aromatic N) is 1. The van der Waals surface area contributed by atoms with Crippen LogP contribution in [0.4, 0.5) is 23.7 Å². The summed E-state index contributed by atoms with van der Waals surface area (Å²) in [4.78, 5) is 24.2. The van der Waals surface area contributed by atoms with Gasteiger partial charge in [-0.15, -0.1) is 0 Å². The number of nitrogens with one attached hydrogen (secondary N) is 1. The SMILES string of the molecule is COC1CNC(=O)N(c2ccccc2C(F)(F)F)C1=O. The Hall–Kier alpha value is -2.09. The Morgan fingerprint density at radius 3 is 2.55 bits per heavy atom. The van der Waals surface area contributed by atoms with E-state index < -0.39 is 35.5 Å². The number of methoxy groups -OCH3 is 1. The molecule has 1 N–H and O–H groups in total. The summed E-state index contributed by atoms with van der Waals surface area (Å²) >= 11 is 0. The number of imide groups is 1. The van der Waals surface area contributed by atoms with Gasteiger partial charge in [0.25, 0.3) is 5.91 Å². The van der Waals surface area contributed by atoms with E-state index in [0.29, 0.717) is 4.90 Å². The Labute approximate surface area is 112 Å². The number of hydrogen-bond donors (Lipinski definition) is 1. The molecule has 1 unspecified atom stereocenters. The predicted octanol–water partition coefficient (Wildman–Crippen LogP) is 1.78. The van der Waals surface area contributed by atoms with Crippen molar-refractivity contribution in [3.8, 4) is 0 Å². The first-order valence-electron chi connectivity index (χ1n) is 5.67. The van der Waals surface area contributed by atoms with Gasteiger partial charge in [0.15, 0.2) is 6.10 Å². The van der Waals surface area contributed by atoms with Gasteiger partial charge in [-0.1, -0.05) is 12.1 Å². The Morgan fingerprint density at radius 1 is 1.30 bits per heavy atom. The normalized spacial score (nSPS) is 20.0. The van der Waals surface area contributed by atoms with Gasteiger partial charge in [-0.2, -0.15) is 13.2 Å². The first kappa shape index (κ1) is 14.3. The summed E-state index contributed by atoms with van der Waals surface area (Å²) in [5, 5.41) is 2.31. The number of ether oxygens (including phenoxy) is 1. The van der Waals surface area contributed by atoms with Gasteiger partial charge in [0, 0.05) is 7.11 Å². The molecule has 3 amide bonds. The second kappa shape index (κ2) is 5.12. The average molecular weight is 288 g/mol. The van der Waals surface area contributed by atoms with E-state index in [9.17, 15) is 22.8 Å². The molecule has 0 saturated carbocycles. The molecule has 0 spiro atoms. The van der Waals surface area contributed by atoms with Crippen LogP contribution in [0.25, 0.3) is 0 Å². The molecular weight excluding hydrogens is 277 g/mol. The average Bonchev–Trinajstić information content (AvgIpc) is 2.38. The molecule has 0 bridgehead atoms. The summed E-state index contributed by atoms with van der Waals surface area (Å²) in [6.07, 6.45) is -5.68. The van der Waals surface area contributed by atoms with E-state index in [2.05, 4.69) is 5.32 Å². The number of halogens is 3. The molecule has 1 atom stereocenters. The fourth-order valence-corrected chi connectivity index (χ4v) is 1.91. The zero-order valence-corrected chi connectivity index (χ0v) is 10.4. The molecule has 0 aromatic heterocycles. The van der Waals surface area contributed by atoms with Crippen LogP contribution in [0.1, 0.15) is 5.56 Å². The van der Waals surface area contributed by atoms with Crippen LogP contribution in [0.3, 0.4) is 0 Å². The number of alkyl halides is 3. The van der Waals surface area contributed by atoms with Crippen molar-refractivity contribution in [2.45, 2.75) is 12.3 Å². The highest BCUT2D eigenvalue weighted by atomic mass is 19.4. The third kappa shape index (κ3) is 2.46. The minimum Gasteiger partial charge on any atom is -0.370 e. The number of urea groups is 1. The van der Waals surface area contributed by atoms with Crippen LogP contribution in [-0.4, -0.2) is 31.7 Å². The van der Waals surface area contributed by atoms with Gasteiger partial charge < -0.3 is 10.1 Å². The standard InChI is InChI=1S/C12H11F3N2O3/c1-20-9-6-16-11(19)17(10(9)18)8-5-3-2-4-7(8)12(13,14)15/h2-5,9H,6H2,1H3,(H,16,19). The van der Waals surface area contributed by atoms with Crippen molar-refractivity contribution in [2.75, 3.05) is 18.6 Å². The second-order valence-electron chi connectivity index (χ2n) is 4.10. The number of carbonyl (C=O) groups is 2. The molecule has 0 aliphatic carbocycles. The van der Waals surface area contributed by atoms with Crippen LogP contribution in [0, 0.1) is 0 Å². The van der Waals surface area contributed by atoms with Crippen molar-refractivity contribution in [3.63, 3.8) is 0 Å². The maximum atomic E-state index is 12.9. The van der Waals surface area contributed by atoms with Gasteiger partial charge >= 0.3 is 12.2 Å². The zero-order chi connectivity index (χ0) is 14.9.